The van der Waals surface area contributed by atoms with Gasteiger partial charge in [-0.05, 0) is 93.2 Å². The average Bonchev–Trinajstić information content (AvgIpc) is 3.83. The number of anilines is 3. The Kier molecular flexibility index (Phi) is 7.39. The smallest absolute Gasteiger partial charge is 0.136 e. The first-order valence-electron chi connectivity index (χ1n) is 18.7. The second-order valence-corrected chi connectivity index (χ2v) is 15.1. The van der Waals surface area contributed by atoms with E-state index >= 15 is 0 Å². The lowest BCUT2D eigenvalue weighted by molar-refractivity contribution is 0.669. The first-order valence-corrected chi connectivity index (χ1v) is 19.5. The van der Waals surface area contributed by atoms with E-state index in [4.69, 9.17) is 4.42 Å². The summed E-state index contributed by atoms with van der Waals surface area (Å²) in [6, 6.07) is 72.4. The molecule has 0 N–H and O–H groups in total. The fourth-order valence-corrected chi connectivity index (χ4v) is 9.45. The molecule has 2 nitrogen and oxygen atoms in total. The molecule has 0 radical (unpaired) electrons. The number of thiophene rings is 1. The van der Waals surface area contributed by atoms with Gasteiger partial charge in [0.05, 0.1) is 5.69 Å². The van der Waals surface area contributed by atoms with Gasteiger partial charge in [0.25, 0.3) is 0 Å². The summed E-state index contributed by atoms with van der Waals surface area (Å²) in [4.78, 5) is 2.43. The van der Waals surface area contributed by atoms with Crippen molar-refractivity contribution >= 4 is 81.3 Å². The molecular weight excluding hydrogens is 687 g/mol. The number of para-hydroxylation sites is 2. The Bertz CT molecular complexity index is 3210. The lowest BCUT2D eigenvalue weighted by Gasteiger charge is -2.29. The highest BCUT2D eigenvalue weighted by atomic mass is 32.1. The van der Waals surface area contributed by atoms with Crippen LogP contribution >= 0.6 is 11.3 Å². The summed E-state index contributed by atoms with van der Waals surface area (Å²) in [6.45, 7) is 0. The zero-order valence-electron chi connectivity index (χ0n) is 29.8. The van der Waals surface area contributed by atoms with Crippen molar-refractivity contribution in [2.24, 2.45) is 0 Å². The van der Waals surface area contributed by atoms with E-state index in [1.165, 1.54) is 69.7 Å². The summed E-state index contributed by atoms with van der Waals surface area (Å²) in [5, 5.41) is 7.30. The highest BCUT2D eigenvalue weighted by molar-refractivity contribution is 7.25. The van der Waals surface area contributed by atoms with Crippen molar-refractivity contribution in [2.75, 3.05) is 4.90 Å². The Morgan fingerprint density at radius 1 is 0.364 bits per heavy atom. The van der Waals surface area contributed by atoms with E-state index in [2.05, 4.69) is 193 Å². The number of nitrogens with zero attached hydrogens (tertiary/aromatic N) is 1. The maximum Gasteiger partial charge on any atom is 0.136 e. The summed E-state index contributed by atoms with van der Waals surface area (Å²) < 4.78 is 8.81. The van der Waals surface area contributed by atoms with Crippen LogP contribution in [0.2, 0.25) is 0 Å². The number of hydrogen-bond donors (Lipinski definition) is 0. The predicted octanol–water partition coefficient (Wildman–Crippen LogP) is 15.6. The molecule has 0 spiro atoms. The Labute approximate surface area is 322 Å². The van der Waals surface area contributed by atoms with Gasteiger partial charge in [0.2, 0.25) is 0 Å². The SMILES string of the molecule is c1ccc(-c2cc(N(c3ccc4c(c3)sc3ccccc34)c3ccccc3-c3ccccc3)ccc2-c2ccc3c(ccc4oc5ccccc5c43)c2)cc1. The van der Waals surface area contributed by atoms with E-state index in [1.807, 2.05) is 23.5 Å². The molecule has 258 valence electrons. The van der Waals surface area contributed by atoms with Crippen molar-refractivity contribution in [2.45, 2.75) is 0 Å². The van der Waals surface area contributed by atoms with Crippen LogP contribution in [0, 0.1) is 0 Å². The average molecular weight is 720 g/mol. The third-order valence-electron chi connectivity index (χ3n) is 10.9. The van der Waals surface area contributed by atoms with Gasteiger partial charge in [-0.3, -0.25) is 0 Å². The maximum absolute atomic E-state index is 6.23. The summed E-state index contributed by atoms with van der Waals surface area (Å²) in [5.41, 5.74) is 12.3. The Morgan fingerprint density at radius 3 is 1.87 bits per heavy atom. The van der Waals surface area contributed by atoms with Crippen LogP contribution in [0.3, 0.4) is 0 Å². The number of hydrogen-bond acceptors (Lipinski definition) is 3. The van der Waals surface area contributed by atoms with Crippen molar-refractivity contribution in [1.29, 1.82) is 0 Å². The van der Waals surface area contributed by atoms with E-state index in [0.29, 0.717) is 0 Å². The zero-order valence-corrected chi connectivity index (χ0v) is 30.6. The third-order valence-corrected chi connectivity index (χ3v) is 12.0. The molecule has 2 heterocycles. The number of rotatable bonds is 6. The van der Waals surface area contributed by atoms with Gasteiger partial charge in [-0.25, -0.2) is 0 Å². The third kappa shape index (κ3) is 5.32. The molecule has 55 heavy (non-hydrogen) atoms. The van der Waals surface area contributed by atoms with Crippen LogP contribution in [-0.2, 0) is 0 Å². The Morgan fingerprint density at radius 2 is 1.02 bits per heavy atom. The number of fused-ring (bicyclic) bond motifs is 8. The normalized spacial score (nSPS) is 11.6. The molecule has 0 saturated carbocycles. The van der Waals surface area contributed by atoms with Crippen LogP contribution in [-0.4, -0.2) is 0 Å². The van der Waals surface area contributed by atoms with E-state index in [0.717, 1.165) is 33.6 Å². The van der Waals surface area contributed by atoms with E-state index < -0.39 is 0 Å². The van der Waals surface area contributed by atoms with E-state index in [-0.39, 0.29) is 0 Å². The zero-order chi connectivity index (χ0) is 36.3. The van der Waals surface area contributed by atoms with Crippen LogP contribution in [0.5, 0.6) is 0 Å². The minimum Gasteiger partial charge on any atom is -0.456 e. The quantitative estimate of drug-likeness (QED) is 0.170. The number of furan rings is 1. The van der Waals surface area contributed by atoms with Crippen molar-refractivity contribution in [1.82, 2.24) is 0 Å². The van der Waals surface area contributed by atoms with Gasteiger partial charge < -0.3 is 9.32 Å². The molecule has 3 heteroatoms. The molecular formula is C52H33NOS. The summed E-state index contributed by atoms with van der Waals surface area (Å²) in [6.07, 6.45) is 0. The van der Waals surface area contributed by atoms with Gasteiger partial charge in [-0.1, -0.05) is 146 Å². The molecule has 2 aromatic heterocycles. The highest BCUT2D eigenvalue weighted by Crippen LogP contribution is 2.46. The van der Waals surface area contributed by atoms with Gasteiger partial charge in [0.15, 0.2) is 0 Å². The van der Waals surface area contributed by atoms with Crippen LogP contribution in [0.25, 0.3) is 86.3 Å². The van der Waals surface area contributed by atoms with Gasteiger partial charge in [0, 0.05) is 47.9 Å². The molecule has 11 rings (SSSR count). The van der Waals surface area contributed by atoms with Crippen molar-refractivity contribution in [3.63, 3.8) is 0 Å². The number of benzene rings is 9. The topological polar surface area (TPSA) is 16.4 Å². The minimum atomic E-state index is 0.917. The van der Waals surface area contributed by atoms with Crippen LogP contribution in [0.4, 0.5) is 17.1 Å². The van der Waals surface area contributed by atoms with Crippen LogP contribution in [0.1, 0.15) is 0 Å². The molecule has 9 aromatic carbocycles. The largest absolute Gasteiger partial charge is 0.456 e. The van der Waals surface area contributed by atoms with Crippen molar-refractivity contribution in [3.05, 3.63) is 200 Å². The predicted molar refractivity (Wildman–Crippen MR) is 235 cm³/mol. The molecule has 0 unspecified atom stereocenters. The first kappa shape index (κ1) is 31.6. The van der Waals surface area contributed by atoms with E-state index in [9.17, 15) is 0 Å². The molecule has 0 amide bonds. The monoisotopic (exact) mass is 719 g/mol. The van der Waals surface area contributed by atoms with Crippen molar-refractivity contribution < 1.29 is 4.42 Å². The van der Waals surface area contributed by atoms with Gasteiger partial charge in [-0.15, -0.1) is 11.3 Å². The maximum atomic E-state index is 6.23. The first-order chi connectivity index (χ1) is 27.3. The van der Waals surface area contributed by atoms with E-state index in [1.54, 1.807) is 0 Å². The fraction of sp³-hybridized carbons (Fsp3) is 0. The summed E-state index contributed by atoms with van der Waals surface area (Å²) in [7, 11) is 0. The van der Waals surface area contributed by atoms with Crippen molar-refractivity contribution in [3.8, 4) is 33.4 Å². The Hall–Kier alpha value is -6.94. The molecule has 0 bridgehead atoms. The minimum absolute atomic E-state index is 0.917. The van der Waals surface area contributed by atoms with Crippen LogP contribution < -0.4 is 4.90 Å². The fourth-order valence-electron chi connectivity index (χ4n) is 8.31. The van der Waals surface area contributed by atoms with Gasteiger partial charge in [-0.2, -0.15) is 0 Å². The summed E-state index contributed by atoms with van der Waals surface area (Å²) >= 11 is 1.85. The highest BCUT2D eigenvalue weighted by Gasteiger charge is 2.21. The van der Waals surface area contributed by atoms with Gasteiger partial charge >= 0.3 is 0 Å². The molecule has 0 aliphatic carbocycles. The molecule has 0 fully saturated rings. The second kappa shape index (κ2) is 12.9. The lowest BCUT2D eigenvalue weighted by atomic mass is 9.91. The molecule has 0 saturated heterocycles. The molecule has 0 aliphatic heterocycles. The van der Waals surface area contributed by atoms with Gasteiger partial charge in [0.1, 0.15) is 11.2 Å². The van der Waals surface area contributed by atoms with Crippen LogP contribution in [0.15, 0.2) is 205 Å². The molecule has 0 aliphatic rings. The molecule has 0 atom stereocenters. The standard InChI is InChI=1S/C52H33NOS/c1-3-13-34(14-4-1)41-17-7-10-20-47(41)53(39-26-29-44-43-18-9-12-22-50(43)55-51(44)33-39)38-25-28-40(46(32-38)35-15-5-2-6-16-35)36-23-27-42-37(31-36)24-30-49-52(42)45-19-8-11-21-48(45)54-49/h1-33H. The summed E-state index contributed by atoms with van der Waals surface area (Å²) in [5.74, 6) is 0. The molecule has 11 aromatic rings. The lowest BCUT2D eigenvalue weighted by Crippen LogP contribution is -2.11. The second-order valence-electron chi connectivity index (χ2n) is 14.1. The Balaban J connectivity index is 1.13.